The van der Waals surface area contributed by atoms with Crippen LogP contribution >= 0.6 is 0 Å². The van der Waals surface area contributed by atoms with Crippen molar-refractivity contribution in [1.29, 1.82) is 0 Å². The van der Waals surface area contributed by atoms with E-state index >= 15 is 0 Å². The summed E-state index contributed by atoms with van der Waals surface area (Å²) in [6.45, 7) is 13.5. The second kappa shape index (κ2) is 17.1. The van der Waals surface area contributed by atoms with Crippen molar-refractivity contribution in [2.45, 2.75) is 191 Å². The van der Waals surface area contributed by atoms with Crippen LogP contribution in [-0.2, 0) is 55.6 Å². The lowest BCUT2D eigenvalue weighted by Crippen LogP contribution is -2.71. The van der Waals surface area contributed by atoms with Crippen molar-refractivity contribution in [3.8, 4) is 0 Å². The zero-order chi connectivity index (χ0) is 47.6. The molecule has 1 aromatic heterocycles. The van der Waals surface area contributed by atoms with Crippen LogP contribution in [0.5, 0.6) is 0 Å². The van der Waals surface area contributed by atoms with Crippen molar-refractivity contribution in [2.24, 2.45) is 47.3 Å². The number of fused-ring (bicyclic) bond motifs is 5. The molecule has 0 amide bonds. The molecule has 18 atom stereocenters. The molecule has 18 heteroatoms. The van der Waals surface area contributed by atoms with Crippen LogP contribution in [0.4, 0.5) is 26.3 Å². The quantitative estimate of drug-likeness (QED) is 0.218. The number of aliphatic hydroxyl groups excluding tert-OH is 1. The van der Waals surface area contributed by atoms with E-state index in [1.807, 2.05) is 13.8 Å². The molecule has 2 N–H and O–H groups in total. The molecule has 2 spiro atoms. The number of hydrogen-bond acceptors (Lipinski definition) is 12. The third kappa shape index (κ3) is 7.97. The number of carbonyl (C=O) groups is 1. The van der Waals surface area contributed by atoms with Crippen LogP contribution in [0.15, 0.2) is 24.3 Å². The number of aromatic nitrogens is 1. The summed E-state index contributed by atoms with van der Waals surface area (Å²) in [6.07, 6.45) is -3.01. The zero-order valence-corrected chi connectivity index (χ0v) is 38.9. The largest absolute Gasteiger partial charge is 0.433 e. The fraction of sp³-hybridized carbons (Fsp3) is 0.796. The van der Waals surface area contributed by atoms with E-state index in [0.29, 0.717) is 42.9 Å². The van der Waals surface area contributed by atoms with Crippen LogP contribution in [0, 0.1) is 47.3 Å². The number of para-hydroxylation sites is 1. The molecule has 4 bridgehead atoms. The number of ketones is 1. The Kier molecular flexibility index (Phi) is 12.3. The van der Waals surface area contributed by atoms with Gasteiger partial charge in [0, 0.05) is 42.5 Å². The maximum atomic E-state index is 14.2. The highest BCUT2D eigenvalue weighted by molar-refractivity contribution is 5.86. The third-order valence-corrected chi connectivity index (χ3v) is 17.7. The number of alkyl halides is 6. The van der Waals surface area contributed by atoms with E-state index in [4.69, 9.17) is 38.5 Å². The Labute approximate surface area is 386 Å². The number of carbonyl (C=O) groups excluding carboxylic acids is 1. The summed E-state index contributed by atoms with van der Waals surface area (Å²) in [6, 6.07) is 3.16. The summed E-state index contributed by atoms with van der Waals surface area (Å²) >= 11 is 0. The fourth-order valence-electron chi connectivity index (χ4n) is 14.1. The van der Waals surface area contributed by atoms with Gasteiger partial charge in [0.1, 0.15) is 11.8 Å². The Balaban J connectivity index is 0.000000175. The molecular formula is C49H64F6N2O10. The van der Waals surface area contributed by atoms with Gasteiger partial charge in [0.2, 0.25) is 11.6 Å². The SMILES string of the molecule is C[C@H]1[C@@H](C(=O)C[C@H]2O[C@@H]3OC4(C)CC[C@H]5[C@H](C)CC[C@@H]([C@H]2C)[C@@]35OO4)O[C@@H]2OC3(C)CC[C@H]4[C@H](C)CC[C@@H]1[C@@]24OO3.O[C@@H](c1cc(C(F)(F)F)nc2c(C(F)(F)F)cccc12)[C@H]1CCCCN1. The van der Waals surface area contributed by atoms with Crippen molar-refractivity contribution in [3.05, 3.63) is 41.1 Å². The van der Waals surface area contributed by atoms with Gasteiger partial charge in [-0.1, -0.05) is 46.2 Å². The van der Waals surface area contributed by atoms with Gasteiger partial charge in [-0.25, -0.2) is 24.5 Å². The number of piperidine rings is 1. The van der Waals surface area contributed by atoms with Gasteiger partial charge in [0.25, 0.3) is 0 Å². The molecule has 2 aliphatic carbocycles. The highest BCUT2D eigenvalue weighted by Crippen LogP contribution is 2.63. The molecule has 372 valence electrons. The molecule has 11 fully saturated rings. The van der Waals surface area contributed by atoms with E-state index in [-0.39, 0.29) is 58.8 Å². The van der Waals surface area contributed by atoms with Crippen LogP contribution in [-0.4, -0.2) is 76.0 Å². The zero-order valence-electron chi connectivity index (χ0n) is 38.9. The van der Waals surface area contributed by atoms with E-state index in [0.717, 1.165) is 70.3 Å². The van der Waals surface area contributed by atoms with E-state index in [1.165, 1.54) is 6.07 Å². The van der Waals surface area contributed by atoms with Gasteiger partial charge in [-0.15, -0.1) is 0 Å². The molecule has 10 heterocycles. The van der Waals surface area contributed by atoms with Gasteiger partial charge >= 0.3 is 12.4 Å². The lowest BCUT2D eigenvalue weighted by atomic mass is 9.56. The van der Waals surface area contributed by atoms with Gasteiger partial charge in [-0.2, -0.15) is 26.3 Å². The Hall–Kier alpha value is -2.52. The topological polar surface area (TPSA) is 136 Å². The van der Waals surface area contributed by atoms with Crippen LogP contribution < -0.4 is 5.32 Å². The lowest BCUT2D eigenvalue weighted by molar-refractivity contribution is -0.571. The molecule has 9 saturated heterocycles. The minimum absolute atomic E-state index is 0.0191. The molecule has 0 radical (unpaired) electrons. The highest BCUT2D eigenvalue weighted by Gasteiger charge is 2.72. The maximum Gasteiger partial charge on any atom is 0.433 e. The average molecular weight is 955 g/mol. The smallest absolute Gasteiger partial charge is 0.387 e. The monoisotopic (exact) mass is 954 g/mol. The van der Waals surface area contributed by atoms with Crippen LogP contribution in [0.2, 0.25) is 0 Å². The second-order valence-electron chi connectivity index (χ2n) is 21.7. The van der Waals surface area contributed by atoms with E-state index in [1.54, 1.807) is 0 Å². The molecule has 2 aromatic rings. The number of benzene rings is 1. The predicted molar refractivity (Wildman–Crippen MR) is 226 cm³/mol. The predicted octanol–water partition coefficient (Wildman–Crippen LogP) is 9.89. The molecule has 1 aromatic carbocycles. The van der Waals surface area contributed by atoms with Crippen molar-refractivity contribution in [3.63, 3.8) is 0 Å². The number of nitrogens with one attached hydrogen (secondary N) is 1. The first-order chi connectivity index (χ1) is 31.6. The van der Waals surface area contributed by atoms with Crippen molar-refractivity contribution in [1.82, 2.24) is 10.3 Å². The molecule has 2 unspecified atom stereocenters. The lowest BCUT2D eigenvalue weighted by Gasteiger charge is -2.61. The summed E-state index contributed by atoms with van der Waals surface area (Å²) in [5, 5.41) is 13.5. The molecule has 11 aliphatic rings. The molecule has 9 aliphatic heterocycles. The number of ether oxygens (including phenoxy) is 4. The highest BCUT2D eigenvalue weighted by atomic mass is 19.4. The summed E-state index contributed by atoms with van der Waals surface area (Å²) in [4.78, 5) is 42.0. The summed E-state index contributed by atoms with van der Waals surface area (Å²) in [7, 11) is 0. The Bertz CT molecular complexity index is 2190. The van der Waals surface area contributed by atoms with Crippen molar-refractivity contribution in [2.75, 3.05) is 6.54 Å². The third-order valence-electron chi connectivity index (χ3n) is 17.7. The first-order valence-electron chi connectivity index (χ1n) is 24.5. The molecular weight excluding hydrogens is 891 g/mol. The molecule has 12 nitrogen and oxygen atoms in total. The standard InChI is InChI=1S/C32H48O9.C17H16F6N2O/c1-16-7-9-22-18(3)25(34-27-31(22)20(16)11-13-29(5,36-27)38-40-31)15-24(33)26-19(4)23-10-8-17(2)21-12-14-30(6)37-28(35-26)32(21,23)41-39-30;18-16(19,20)11-5-3-4-9-10(15(26)12-6-1-2-7-24-12)8-13(17(21,22)23)25-14(9)11/h16-23,25-28H,7-15H2,1-6H3;3-5,8,12,15,24,26H,1-2,6-7H2/t16-,17-,18-,19-,20+,21+,22+,23+,25-,26+,27-,28-,29?,30?,31-,32-;12-,15+/m11/s1. The van der Waals surface area contributed by atoms with E-state index < -0.39 is 82.7 Å². The average Bonchev–Trinajstić information content (AvgIpc) is 3.66. The van der Waals surface area contributed by atoms with Gasteiger partial charge in [0.05, 0.1) is 23.3 Å². The summed E-state index contributed by atoms with van der Waals surface area (Å²) in [5.41, 5.74) is -5.01. The fourth-order valence-corrected chi connectivity index (χ4v) is 14.1. The van der Waals surface area contributed by atoms with Crippen LogP contribution in [0.3, 0.4) is 0 Å². The van der Waals surface area contributed by atoms with Crippen LogP contribution in [0.25, 0.3) is 10.9 Å². The molecule has 13 rings (SSSR count). The Morgan fingerprint density at radius 1 is 0.761 bits per heavy atom. The number of hydrogen-bond donors (Lipinski definition) is 2. The molecule has 67 heavy (non-hydrogen) atoms. The first-order valence-corrected chi connectivity index (χ1v) is 24.5. The minimum atomic E-state index is -4.93. The number of aliphatic hydroxyl groups is 1. The van der Waals surface area contributed by atoms with Crippen molar-refractivity contribution >= 4 is 16.7 Å². The first kappa shape index (κ1) is 48.1. The number of Topliss-reactive ketones (excluding diaryl/α,β-unsaturated/α-hetero) is 1. The van der Waals surface area contributed by atoms with E-state index in [2.05, 4.69) is 38.0 Å². The normalized spacial score (nSPS) is 45.2. The second-order valence-corrected chi connectivity index (χ2v) is 21.7. The molecule has 2 saturated carbocycles. The summed E-state index contributed by atoms with van der Waals surface area (Å²) < 4.78 is 106. The summed E-state index contributed by atoms with van der Waals surface area (Å²) in [5.74, 6) is 0.382. The van der Waals surface area contributed by atoms with Crippen LogP contribution in [0.1, 0.15) is 142 Å². The van der Waals surface area contributed by atoms with Gasteiger partial charge < -0.3 is 29.4 Å². The van der Waals surface area contributed by atoms with Crippen molar-refractivity contribution < 1.29 is 74.7 Å². The van der Waals surface area contributed by atoms with E-state index in [9.17, 15) is 36.2 Å². The minimum Gasteiger partial charge on any atom is -0.387 e. The Morgan fingerprint density at radius 3 is 1.93 bits per heavy atom. The van der Waals surface area contributed by atoms with Gasteiger partial charge in [-0.3, -0.25) is 4.79 Å². The number of halogens is 6. The van der Waals surface area contributed by atoms with Gasteiger partial charge in [0.15, 0.2) is 29.6 Å². The Morgan fingerprint density at radius 2 is 1.36 bits per heavy atom. The van der Waals surface area contributed by atoms with Gasteiger partial charge in [-0.05, 0) is 125 Å². The maximum absolute atomic E-state index is 14.2. The number of rotatable bonds is 5. The number of pyridine rings is 1. The number of nitrogens with zero attached hydrogens (tertiary/aromatic N) is 1.